The highest BCUT2D eigenvalue weighted by atomic mass is 16.3. The van der Waals surface area contributed by atoms with Gasteiger partial charge in [-0.05, 0) is 19.0 Å². The van der Waals surface area contributed by atoms with Crippen molar-refractivity contribution in [3.8, 4) is 0 Å². The summed E-state index contributed by atoms with van der Waals surface area (Å²) in [5.41, 5.74) is 0.430. The number of piperidine rings is 1. The molecule has 1 aliphatic rings. The number of nitrogens with zero attached hydrogens (tertiary/aromatic N) is 1. The largest absolute Gasteiger partial charge is 0.385 e. The minimum absolute atomic E-state index is 0.290. The first-order chi connectivity index (χ1) is 7.13. The normalized spacial score (nSPS) is 32.9. The van der Waals surface area contributed by atoms with Crippen LogP contribution in [0.3, 0.4) is 0 Å². The van der Waals surface area contributed by atoms with Gasteiger partial charge < -0.3 is 10.0 Å². The predicted octanol–water partition coefficient (Wildman–Crippen LogP) is 1.85. The number of rotatable bonds is 1. The van der Waals surface area contributed by atoms with E-state index < -0.39 is 5.60 Å². The van der Waals surface area contributed by atoms with Crippen LogP contribution < -0.4 is 0 Å². The van der Waals surface area contributed by atoms with Gasteiger partial charge in [0.2, 0.25) is 0 Å². The molecule has 0 aromatic heterocycles. The van der Waals surface area contributed by atoms with Gasteiger partial charge in [0.05, 0.1) is 5.60 Å². The second kappa shape index (κ2) is 3.95. The second-order valence-corrected chi connectivity index (χ2v) is 4.70. The van der Waals surface area contributed by atoms with E-state index in [-0.39, 0.29) is 0 Å². The lowest BCUT2D eigenvalue weighted by molar-refractivity contribution is -0.0659. The Hall–Kier alpha value is -0.860. The zero-order valence-corrected chi connectivity index (χ0v) is 9.48. The first-order valence-corrected chi connectivity index (χ1v) is 5.59. The number of benzene rings is 1. The molecule has 1 aromatic rings. The molecule has 0 spiro atoms. The molecule has 0 amide bonds. The lowest BCUT2D eigenvalue weighted by Crippen LogP contribution is -2.47. The van der Waals surface area contributed by atoms with Crippen molar-refractivity contribution in [1.82, 2.24) is 4.90 Å². The van der Waals surface area contributed by atoms with E-state index in [9.17, 15) is 5.11 Å². The molecule has 2 atom stereocenters. The van der Waals surface area contributed by atoms with Crippen LogP contribution in [0.4, 0.5) is 0 Å². The van der Waals surface area contributed by atoms with Gasteiger partial charge in [-0.1, -0.05) is 37.3 Å². The molecule has 0 aliphatic carbocycles. The highest BCUT2D eigenvalue weighted by Gasteiger charge is 2.38. The molecule has 1 aromatic carbocycles. The van der Waals surface area contributed by atoms with Gasteiger partial charge in [-0.3, -0.25) is 0 Å². The van der Waals surface area contributed by atoms with Gasteiger partial charge in [0.15, 0.2) is 0 Å². The number of hydrogen-bond acceptors (Lipinski definition) is 2. The molecule has 0 radical (unpaired) electrons. The van der Waals surface area contributed by atoms with Gasteiger partial charge in [-0.25, -0.2) is 0 Å². The molecule has 1 heterocycles. The molecule has 2 rings (SSSR count). The van der Waals surface area contributed by atoms with E-state index >= 15 is 0 Å². The van der Waals surface area contributed by atoms with Gasteiger partial charge in [0.1, 0.15) is 0 Å². The smallest absolute Gasteiger partial charge is 0.0946 e. The molecule has 82 valence electrons. The Morgan fingerprint density at radius 3 is 2.60 bits per heavy atom. The maximum Gasteiger partial charge on any atom is 0.0946 e. The topological polar surface area (TPSA) is 23.5 Å². The fraction of sp³-hybridized carbons (Fsp3) is 0.538. The molecule has 2 nitrogen and oxygen atoms in total. The van der Waals surface area contributed by atoms with E-state index in [4.69, 9.17) is 0 Å². The third-order valence-electron chi connectivity index (χ3n) is 3.55. The van der Waals surface area contributed by atoms with Gasteiger partial charge >= 0.3 is 0 Å². The fourth-order valence-corrected chi connectivity index (χ4v) is 2.47. The number of aliphatic hydroxyl groups is 1. The van der Waals surface area contributed by atoms with E-state index in [1.807, 2.05) is 30.3 Å². The summed E-state index contributed by atoms with van der Waals surface area (Å²) in [6, 6.07) is 10.0. The van der Waals surface area contributed by atoms with E-state index in [0.29, 0.717) is 5.92 Å². The Morgan fingerprint density at radius 2 is 2.00 bits per heavy atom. The lowest BCUT2D eigenvalue weighted by atomic mass is 9.77. The van der Waals surface area contributed by atoms with Crippen LogP contribution in [0.15, 0.2) is 30.3 Å². The van der Waals surface area contributed by atoms with Crippen molar-refractivity contribution in [2.75, 3.05) is 20.1 Å². The number of likely N-dealkylation sites (tertiary alicyclic amines) is 1. The van der Waals surface area contributed by atoms with E-state index in [2.05, 4.69) is 18.9 Å². The van der Waals surface area contributed by atoms with Crippen LogP contribution in [0, 0.1) is 5.92 Å². The molecule has 15 heavy (non-hydrogen) atoms. The Balaban J connectivity index is 2.27. The van der Waals surface area contributed by atoms with Crippen molar-refractivity contribution >= 4 is 0 Å². The third-order valence-corrected chi connectivity index (χ3v) is 3.55. The zero-order chi connectivity index (χ0) is 10.9. The highest BCUT2D eigenvalue weighted by molar-refractivity contribution is 5.24. The van der Waals surface area contributed by atoms with Gasteiger partial charge in [-0.2, -0.15) is 0 Å². The van der Waals surface area contributed by atoms with Crippen LogP contribution >= 0.6 is 0 Å². The summed E-state index contributed by atoms with van der Waals surface area (Å²) in [5, 5.41) is 10.7. The van der Waals surface area contributed by atoms with Crippen molar-refractivity contribution in [1.29, 1.82) is 0 Å². The van der Waals surface area contributed by atoms with E-state index in [1.54, 1.807) is 0 Å². The predicted molar refractivity (Wildman–Crippen MR) is 61.6 cm³/mol. The molecule has 0 bridgehead atoms. The van der Waals surface area contributed by atoms with Crippen molar-refractivity contribution in [3.63, 3.8) is 0 Å². The fourth-order valence-electron chi connectivity index (χ4n) is 2.47. The molecule has 1 N–H and O–H groups in total. The average Bonchev–Trinajstić information content (AvgIpc) is 2.25. The summed E-state index contributed by atoms with van der Waals surface area (Å²) < 4.78 is 0. The average molecular weight is 205 g/mol. The Morgan fingerprint density at radius 1 is 1.33 bits per heavy atom. The van der Waals surface area contributed by atoms with Crippen LogP contribution in [0.5, 0.6) is 0 Å². The minimum Gasteiger partial charge on any atom is -0.385 e. The van der Waals surface area contributed by atoms with Crippen LogP contribution in [-0.2, 0) is 5.60 Å². The van der Waals surface area contributed by atoms with Crippen LogP contribution in [0.2, 0.25) is 0 Å². The zero-order valence-electron chi connectivity index (χ0n) is 9.48. The van der Waals surface area contributed by atoms with Gasteiger partial charge in [-0.15, -0.1) is 0 Å². The first kappa shape index (κ1) is 10.7. The van der Waals surface area contributed by atoms with Crippen LogP contribution in [-0.4, -0.2) is 30.1 Å². The Bertz CT molecular complexity index is 325. The second-order valence-electron chi connectivity index (χ2n) is 4.70. The molecule has 1 saturated heterocycles. The van der Waals surface area contributed by atoms with Crippen molar-refractivity contribution in [2.24, 2.45) is 5.92 Å². The maximum atomic E-state index is 10.7. The van der Waals surface area contributed by atoms with E-state index in [1.165, 1.54) is 0 Å². The van der Waals surface area contributed by atoms with Gasteiger partial charge in [0.25, 0.3) is 0 Å². The number of hydrogen-bond donors (Lipinski definition) is 1. The van der Waals surface area contributed by atoms with Gasteiger partial charge in [0, 0.05) is 19.0 Å². The molecule has 1 fully saturated rings. The van der Waals surface area contributed by atoms with Crippen LogP contribution in [0.1, 0.15) is 18.9 Å². The summed E-state index contributed by atoms with van der Waals surface area (Å²) in [6.07, 6.45) is 0.828. The standard InChI is InChI=1S/C13H19NO/c1-11-10-14(2)9-8-13(11,15)12-6-4-3-5-7-12/h3-7,11,15H,8-10H2,1-2H3/t11-,13-/m0/s1. The minimum atomic E-state index is -0.631. The van der Waals surface area contributed by atoms with Crippen molar-refractivity contribution in [2.45, 2.75) is 18.9 Å². The Kier molecular flexibility index (Phi) is 2.81. The molecular formula is C13H19NO. The van der Waals surface area contributed by atoms with Crippen molar-refractivity contribution < 1.29 is 5.11 Å². The molecular weight excluding hydrogens is 186 g/mol. The molecule has 1 aliphatic heterocycles. The highest BCUT2D eigenvalue weighted by Crippen LogP contribution is 2.36. The first-order valence-electron chi connectivity index (χ1n) is 5.59. The quantitative estimate of drug-likeness (QED) is 0.756. The van der Waals surface area contributed by atoms with Crippen LogP contribution in [0.25, 0.3) is 0 Å². The maximum absolute atomic E-state index is 10.7. The SMILES string of the molecule is C[C@H]1CN(C)CC[C@@]1(O)c1ccccc1. The third kappa shape index (κ3) is 1.92. The monoisotopic (exact) mass is 205 g/mol. The van der Waals surface area contributed by atoms with E-state index in [0.717, 1.165) is 25.1 Å². The molecule has 0 unspecified atom stereocenters. The molecule has 2 heteroatoms. The molecule has 0 saturated carbocycles. The Labute approximate surface area is 91.5 Å². The summed E-state index contributed by atoms with van der Waals surface area (Å²) in [7, 11) is 2.11. The van der Waals surface area contributed by atoms with Crippen molar-refractivity contribution in [3.05, 3.63) is 35.9 Å². The summed E-state index contributed by atoms with van der Waals surface area (Å²) in [4.78, 5) is 2.28. The summed E-state index contributed by atoms with van der Waals surface area (Å²) in [5.74, 6) is 0.290. The lowest BCUT2D eigenvalue weighted by Gasteiger charge is -2.42. The summed E-state index contributed by atoms with van der Waals surface area (Å²) in [6.45, 7) is 4.06. The summed E-state index contributed by atoms with van der Waals surface area (Å²) >= 11 is 0.